The van der Waals surface area contributed by atoms with Gasteiger partial charge in [0.05, 0.1) is 13.5 Å². The fourth-order valence-electron chi connectivity index (χ4n) is 1.31. The predicted molar refractivity (Wildman–Crippen MR) is 66.8 cm³/mol. The molecule has 96 valence electrons. The molecule has 1 rings (SSSR count). The van der Waals surface area contributed by atoms with Gasteiger partial charge in [0.2, 0.25) is 5.78 Å². The molecule has 0 aromatic heterocycles. The number of esters is 1. The molecule has 0 bridgehead atoms. The lowest BCUT2D eigenvalue weighted by molar-refractivity contribution is -0.152. The molecule has 0 aliphatic carbocycles. The first-order valence-corrected chi connectivity index (χ1v) is 5.76. The van der Waals surface area contributed by atoms with Crippen LogP contribution in [-0.2, 0) is 25.5 Å². The Hall–Kier alpha value is -1.39. The van der Waals surface area contributed by atoms with Crippen molar-refractivity contribution in [1.29, 1.82) is 0 Å². The minimum absolute atomic E-state index is 0.0290. The molecule has 0 radical (unpaired) electrons. The molecule has 0 unspecified atom stereocenters. The maximum Gasteiger partial charge on any atom is 0.374 e. The van der Waals surface area contributed by atoms with Gasteiger partial charge in [0.15, 0.2) is 0 Å². The third-order valence-electron chi connectivity index (χ3n) is 2.17. The van der Waals surface area contributed by atoms with Crippen LogP contribution in [0.1, 0.15) is 12.0 Å². The number of rotatable bonds is 5. The van der Waals surface area contributed by atoms with Crippen LogP contribution in [0.25, 0.3) is 0 Å². The van der Waals surface area contributed by atoms with Gasteiger partial charge >= 0.3 is 5.97 Å². The van der Waals surface area contributed by atoms with Crippen molar-refractivity contribution in [2.75, 3.05) is 7.11 Å². The molecule has 0 amide bonds. The van der Waals surface area contributed by atoms with Crippen LogP contribution >= 0.6 is 23.2 Å². The van der Waals surface area contributed by atoms with Crippen molar-refractivity contribution in [2.24, 2.45) is 0 Å². The molecular weight excluding hydrogens is 279 g/mol. The second kappa shape index (κ2) is 6.52. The summed E-state index contributed by atoms with van der Waals surface area (Å²) in [7, 11) is 1.08. The minimum atomic E-state index is -1.02. The van der Waals surface area contributed by atoms with Crippen LogP contribution in [0.2, 0.25) is 10.0 Å². The molecule has 0 fully saturated rings. The number of Topliss-reactive ketones (excluding diaryl/α,β-unsaturated/α-hetero) is 2. The first-order chi connectivity index (χ1) is 8.43. The third-order valence-corrected chi connectivity index (χ3v) is 2.76. The largest absolute Gasteiger partial charge is 0.463 e. The number of halogens is 2. The Balaban J connectivity index is 2.65. The van der Waals surface area contributed by atoms with Crippen LogP contribution in [0.3, 0.4) is 0 Å². The van der Waals surface area contributed by atoms with E-state index in [4.69, 9.17) is 23.2 Å². The number of carbonyl (C=O) groups is 3. The van der Waals surface area contributed by atoms with E-state index >= 15 is 0 Å². The van der Waals surface area contributed by atoms with E-state index < -0.39 is 24.0 Å². The lowest BCUT2D eigenvalue weighted by atomic mass is 10.1. The highest BCUT2D eigenvalue weighted by atomic mass is 35.5. The predicted octanol–water partition coefficient (Wildman–Crippen LogP) is 2.24. The average molecular weight is 289 g/mol. The van der Waals surface area contributed by atoms with E-state index in [1.807, 2.05) is 0 Å². The van der Waals surface area contributed by atoms with Crippen molar-refractivity contribution in [3.05, 3.63) is 33.8 Å². The third kappa shape index (κ3) is 4.13. The van der Waals surface area contributed by atoms with Crippen molar-refractivity contribution < 1.29 is 19.1 Å². The van der Waals surface area contributed by atoms with Crippen LogP contribution < -0.4 is 0 Å². The highest BCUT2D eigenvalue weighted by Gasteiger charge is 2.18. The second-order valence-corrected chi connectivity index (χ2v) is 4.39. The molecule has 0 aliphatic heterocycles. The number of benzene rings is 1. The summed E-state index contributed by atoms with van der Waals surface area (Å²) >= 11 is 11.6. The van der Waals surface area contributed by atoms with Crippen molar-refractivity contribution >= 4 is 40.7 Å². The van der Waals surface area contributed by atoms with Crippen molar-refractivity contribution in [3.8, 4) is 0 Å². The van der Waals surface area contributed by atoms with E-state index in [0.29, 0.717) is 15.6 Å². The number of hydrogen-bond donors (Lipinski definition) is 0. The van der Waals surface area contributed by atoms with Gasteiger partial charge in [-0.2, -0.15) is 0 Å². The topological polar surface area (TPSA) is 60.4 Å². The van der Waals surface area contributed by atoms with Crippen LogP contribution in [0.5, 0.6) is 0 Å². The fraction of sp³-hybridized carbons (Fsp3) is 0.250. The van der Waals surface area contributed by atoms with Crippen molar-refractivity contribution in [2.45, 2.75) is 12.8 Å². The van der Waals surface area contributed by atoms with Gasteiger partial charge in [-0.05, 0) is 17.7 Å². The highest BCUT2D eigenvalue weighted by molar-refractivity contribution is 6.37. The SMILES string of the molecule is COC(=O)C(=O)CC(=O)Cc1ccc(Cl)cc1Cl. The molecule has 4 nitrogen and oxygen atoms in total. The minimum Gasteiger partial charge on any atom is -0.463 e. The Morgan fingerprint density at radius 1 is 1.22 bits per heavy atom. The first-order valence-electron chi connectivity index (χ1n) is 5.00. The molecule has 0 heterocycles. The van der Waals surface area contributed by atoms with E-state index in [2.05, 4.69) is 4.74 Å². The average Bonchev–Trinajstić information content (AvgIpc) is 2.31. The summed E-state index contributed by atoms with van der Waals surface area (Å²) in [5.74, 6) is -2.30. The van der Waals surface area contributed by atoms with Gasteiger partial charge in [-0.3, -0.25) is 9.59 Å². The number of methoxy groups -OCH3 is 1. The van der Waals surface area contributed by atoms with Gasteiger partial charge in [0, 0.05) is 16.5 Å². The fourth-order valence-corrected chi connectivity index (χ4v) is 1.78. The molecule has 18 heavy (non-hydrogen) atoms. The Morgan fingerprint density at radius 3 is 2.44 bits per heavy atom. The van der Waals surface area contributed by atoms with Crippen LogP contribution in [0.15, 0.2) is 18.2 Å². The highest BCUT2D eigenvalue weighted by Crippen LogP contribution is 2.21. The molecular formula is C12H10Cl2O4. The van der Waals surface area contributed by atoms with E-state index in [-0.39, 0.29) is 6.42 Å². The zero-order chi connectivity index (χ0) is 13.7. The Bertz CT molecular complexity index is 497. The van der Waals surface area contributed by atoms with E-state index in [1.165, 1.54) is 6.07 Å². The quantitative estimate of drug-likeness (QED) is 0.474. The number of ether oxygens (including phenoxy) is 1. The van der Waals surface area contributed by atoms with Gasteiger partial charge in [0.1, 0.15) is 5.78 Å². The van der Waals surface area contributed by atoms with Gasteiger partial charge in [-0.15, -0.1) is 0 Å². The zero-order valence-corrected chi connectivity index (χ0v) is 11.0. The number of ketones is 2. The van der Waals surface area contributed by atoms with Crippen LogP contribution in [0.4, 0.5) is 0 Å². The van der Waals surface area contributed by atoms with Gasteiger partial charge in [-0.25, -0.2) is 4.79 Å². The van der Waals surface area contributed by atoms with Crippen LogP contribution in [0, 0.1) is 0 Å². The van der Waals surface area contributed by atoms with E-state index in [1.54, 1.807) is 12.1 Å². The maximum atomic E-state index is 11.6. The molecule has 0 saturated heterocycles. The van der Waals surface area contributed by atoms with Crippen molar-refractivity contribution in [1.82, 2.24) is 0 Å². The maximum absolute atomic E-state index is 11.6. The van der Waals surface area contributed by atoms with Crippen molar-refractivity contribution in [3.63, 3.8) is 0 Å². The second-order valence-electron chi connectivity index (χ2n) is 3.54. The summed E-state index contributed by atoms with van der Waals surface area (Å²) in [5.41, 5.74) is 0.559. The van der Waals surface area contributed by atoms with Crippen LogP contribution in [-0.4, -0.2) is 24.6 Å². The van der Waals surface area contributed by atoms with E-state index in [9.17, 15) is 14.4 Å². The Kier molecular flexibility index (Phi) is 5.31. The molecule has 1 aromatic rings. The lowest BCUT2D eigenvalue weighted by Crippen LogP contribution is -2.20. The summed E-state index contributed by atoms with van der Waals surface area (Å²) in [4.78, 5) is 33.6. The van der Waals surface area contributed by atoms with E-state index in [0.717, 1.165) is 7.11 Å². The zero-order valence-electron chi connectivity index (χ0n) is 9.54. The molecule has 6 heteroatoms. The Labute approximate surface area is 114 Å². The Morgan fingerprint density at radius 2 is 1.89 bits per heavy atom. The number of hydrogen-bond acceptors (Lipinski definition) is 4. The van der Waals surface area contributed by atoms with Gasteiger partial charge in [0.25, 0.3) is 0 Å². The molecule has 0 atom stereocenters. The summed E-state index contributed by atoms with van der Waals surface area (Å²) in [5, 5.41) is 0.809. The summed E-state index contributed by atoms with van der Waals surface area (Å²) in [6.07, 6.45) is -0.523. The monoisotopic (exact) mass is 288 g/mol. The summed E-state index contributed by atoms with van der Waals surface area (Å²) in [6, 6.07) is 4.71. The normalized spacial score (nSPS) is 9.94. The summed E-state index contributed by atoms with van der Waals surface area (Å²) < 4.78 is 4.22. The van der Waals surface area contributed by atoms with Gasteiger partial charge < -0.3 is 4.74 Å². The molecule has 0 aliphatic rings. The number of carbonyl (C=O) groups excluding carboxylic acids is 3. The molecule has 1 aromatic carbocycles. The van der Waals surface area contributed by atoms with Gasteiger partial charge in [-0.1, -0.05) is 29.3 Å². The summed E-state index contributed by atoms with van der Waals surface area (Å²) in [6.45, 7) is 0. The lowest BCUT2D eigenvalue weighted by Gasteiger charge is -2.03. The smallest absolute Gasteiger partial charge is 0.374 e. The molecule has 0 N–H and O–H groups in total. The first kappa shape index (κ1) is 14.7. The standard InChI is InChI=1S/C12H10Cl2O4/c1-18-12(17)11(16)6-9(15)4-7-2-3-8(13)5-10(7)14/h2-3,5H,4,6H2,1H3. The molecule has 0 spiro atoms. The molecule has 0 saturated carbocycles.